The molecular formula is C23H25N3O4. The van der Waals surface area contributed by atoms with Crippen LogP contribution in [-0.2, 0) is 4.79 Å². The van der Waals surface area contributed by atoms with E-state index in [4.69, 9.17) is 9.84 Å². The van der Waals surface area contributed by atoms with Gasteiger partial charge in [-0.15, -0.1) is 0 Å². The van der Waals surface area contributed by atoms with E-state index < -0.39 is 5.97 Å². The number of rotatable bonds is 11. The monoisotopic (exact) mass is 407 g/mol. The minimum Gasteiger partial charge on any atom is -0.494 e. The number of unbranched alkanes of at least 4 members (excludes halogenated alkanes) is 3. The van der Waals surface area contributed by atoms with Crippen LogP contribution in [-0.4, -0.2) is 27.7 Å². The molecule has 0 spiro atoms. The number of ether oxygens (including phenoxy) is 1. The van der Waals surface area contributed by atoms with Crippen LogP contribution in [0.2, 0.25) is 0 Å². The molecule has 156 valence electrons. The number of aromatic nitrogens is 2. The van der Waals surface area contributed by atoms with Gasteiger partial charge in [0.2, 0.25) is 5.95 Å². The zero-order chi connectivity index (χ0) is 21.2. The second-order valence-electron chi connectivity index (χ2n) is 6.90. The highest BCUT2D eigenvalue weighted by atomic mass is 16.5. The van der Waals surface area contributed by atoms with Crippen LogP contribution in [0.25, 0.3) is 11.3 Å². The Balaban J connectivity index is 1.50. The Morgan fingerprint density at radius 1 is 1.00 bits per heavy atom. The second-order valence-corrected chi connectivity index (χ2v) is 6.90. The number of carboxylic acid groups (broad SMARTS) is 1. The quantitative estimate of drug-likeness (QED) is 0.402. The Kier molecular flexibility index (Phi) is 7.60. The fourth-order valence-corrected chi connectivity index (χ4v) is 2.97. The highest BCUT2D eigenvalue weighted by Crippen LogP contribution is 2.20. The molecule has 0 unspecified atom stereocenters. The van der Waals surface area contributed by atoms with Crippen LogP contribution < -0.4 is 15.6 Å². The average Bonchev–Trinajstić information content (AvgIpc) is 2.74. The van der Waals surface area contributed by atoms with Crippen LogP contribution in [0.15, 0.2) is 65.5 Å². The van der Waals surface area contributed by atoms with Gasteiger partial charge in [-0.2, -0.15) is 0 Å². The van der Waals surface area contributed by atoms with Gasteiger partial charge in [-0.1, -0.05) is 43.2 Å². The first-order chi connectivity index (χ1) is 14.6. The third kappa shape index (κ3) is 6.77. The second kappa shape index (κ2) is 10.8. The lowest BCUT2D eigenvalue weighted by Crippen LogP contribution is -2.10. The largest absolute Gasteiger partial charge is 0.494 e. The van der Waals surface area contributed by atoms with Crippen molar-refractivity contribution in [3.63, 3.8) is 0 Å². The SMILES string of the molecule is O=C(O)CCCCCCOc1ccc(Nc2nc(-c3ccccc3)cc(=O)[nH]2)cc1. The Bertz CT molecular complexity index is 1000. The van der Waals surface area contributed by atoms with Gasteiger partial charge in [0.15, 0.2) is 0 Å². The number of aliphatic carboxylic acids is 1. The van der Waals surface area contributed by atoms with E-state index in [-0.39, 0.29) is 12.0 Å². The molecule has 0 bridgehead atoms. The molecule has 1 heterocycles. The van der Waals surface area contributed by atoms with Crippen molar-refractivity contribution < 1.29 is 14.6 Å². The third-order valence-electron chi connectivity index (χ3n) is 4.48. The summed E-state index contributed by atoms with van der Waals surface area (Å²) in [5.41, 5.74) is 2.03. The van der Waals surface area contributed by atoms with Gasteiger partial charge < -0.3 is 15.2 Å². The summed E-state index contributed by atoms with van der Waals surface area (Å²) >= 11 is 0. The predicted molar refractivity (Wildman–Crippen MR) is 116 cm³/mol. The molecule has 3 aromatic rings. The van der Waals surface area contributed by atoms with Gasteiger partial charge in [0, 0.05) is 23.7 Å². The summed E-state index contributed by atoms with van der Waals surface area (Å²) in [6.07, 6.45) is 3.66. The lowest BCUT2D eigenvalue weighted by atomic mass is 10.1. The number of aromatic amines is 1. The number of nitrogens with one attached hydrogen (secondary N) is 2. The molecule has 0 amide bonds. The molecule has 30 heavy (non-hydrogen) atoms. The summed E-state index contributed by atoms with van der Waals surface area (Å²) in [5.74, 6) is 0.382. The maximum Gasteiger partial charge on any atom is 0.303 e. The van der Waals surface area contributed by atoms with Gasteiger partial charge in [0.05, 0.1) is 12.3 Å². The molecule has 0 radical (unpaired) electrons. The highest BCUT2D eigenvalue weighted by molar-refractivity contribution is 5.66. The lowest BCUT2D eigenvalue weighted by Gasteiger charge is -2.09. The van der Waals surface area contributed by atoms with E-state index in [0.29, 0.717) is 24.7 Å². The van der Waals surface area contributed by atoms with Crippen molar-refractivity contribution in [1.29, 1.82) is 0 Å². The zero-order valence-electron chi connectivity index (χ0n) is 16.6. The van der Waals surface area contributed by atoms with Crippen LogP contribution in [0, 0.1) is 0 Å². The van der Waals surface area contributed by atoms with Gasteiger partial charge in [0.1, 0.15) is 5.75 Å². The number of carboxylic acids is 1. The van der Waals surface area contributed by atoms with Gasteiger partial charge in [0.25, 0.3) is 5.56 Å². The average molecular weight is 407 g/mol. The molecule has 0 saturated carbocycles. The van der Waals surface area contributed by atoms with Gasteiger partial charge in [-0.05, 0) is 37.1 Å². The van der Waals surface area contributed by atoms with Crippen LogP contribution >= 0.6 is 0 Å². The molecule has 7 nitrogen and oxygen atoms in total. The number of nitrogens with zero attached hydrogens (tertiary/aromatic N) is 1. The van der Waals surface area contributed by atoms with E-state index in [1.165, 1.54) is 6.07 Å². The minimum atomic E-state index is -0.744. The number of carbonyl (C=O) groups is 1. The first-order valence-electron chi connectivity index (χ1n) is 9.98. The first kappa shape index (κ1) is 21.1. The summed E-state index contributed by atoms with van der Waals surface area (Å²) in [5, 5.41) is 11.7. The van der Waals surface area contributed by atoms with E-state index in [1.807, 2.05) is 54.6 Å². The van der Waals surface area contributed by atoms with E-state index >= 15 is 0 Å². The number of hydrogen-bond donors (Lipinski definition) is 3. The van der Waals surface area contributed by atoms with Crippen molar-refractivity contribution in [3.05, 3.63) is 71.0 Å². The molecule has 2 aromatic carbocycles. The Labute approximate surface area is 174 Å². The number of benzene rings is 2. The number of anilines is 2. The summed E-state index contributed by atoms with van der Waals surface area (Å²) in [6, 6.07) is 18.4. The predicted octanol–water partition coefficient (Wildman–Crippen LogP) is 4.59. The van der Waals surface area contributed by atoms with Crippen molar-refractivity contribution in [2.75, 3.05) is 11.9 Å². The summed E-state index contributed by atoms with van der Waals surface area (Å²) in [7, 11) is 0. The molecule has 3 rings (SSSR count). The maximum atomic E-state index is 12.0. The third-order valence-corrected chi connectivity index (χ3v) is 4.48. The summed E-state index contributed by atoms with van der Waals surface area (Å²) in [4.78, 5) is 29.6. The normalized spacial score (nSPS) is 10.5. The summed E-state index contributed by atoms with van der Waals surface area (Å²) < 4.78 is 5.72. The lowest BCUT2D eigenvalue weighted by molar-refractivity contribution is -0.137. The van der Waals surface area contributed by atoms with Crippen LogP contribution in [0.5, 0.6) is 5.75 Å². The van der Waals surface area contributed by atoms with Crippen LogP contribution in [0.4, 0.5) is 11.6 Å². The summed E-state index contributed by atoms with van der Waals surface area (Å²) in [6.45, 7) is 0.591. The fraction of sp³-hybridized carbons (Fsp3) is 0.261. The van der Waals surface area contributed by atoms with E-state index in [1.54, 1.807) is 0 Å². The fourth-order valence-electron chi connectivity index (χ4n) is 2.97. The van der Waals surface area contributed by atoms with Crippen molar-refractivity contribution in [1.82, 2.24) is 9.97 Å². The topological polar surface area (TPSA) is 104 Å². The molecule has 0 fully saturated rings. The van der Waals surface area contributed by atoms with E-state index in [0.717, 1.165) is 36.3 Å². The molecule has 7 heteroatoms. The van der Waals surface area contributed by atoms with Gasteiger partial charge in [-0.25, -0.2) is 4.98 Å². The van der Waals surface area contributed by atoms with Crippen LogP contribution in [0.1, 0.15) is 32.1 Å². The Morgan fingerprint density at radius 2 is 1.73 bits per heavy atom. The Hall–Kier alpha value is -3.61. The molecular weight excluding hydrogens is 382 g/mol. The standard InChI is InChI=1S/C23H25N3O4/c27-21-16-20(17-8-4-3-5-9-17)25-23(26-21)24-18-11-13-19(14-12-18)30-15-7-2-1-6-10-22(28)29/h3-5,8-9,11-14,16H,1-2,6-7,10,15H2,(H,28,29)(H2,24,25,26,27). The zero-order valence-corrected chi connectivity index (χ0v) is 16.6. The van der Waals surface area contributed by atoms with E-state index in [9.17, 15) is 9.59 Å². The molecule has 0 aliphatic rings. The smallest absolute Gasteiger partial charge is 0.303 e. The van der Waals surface area contributed by atoms with Gasteiger partial charge in [-0.3, -0.25) is 14.6 Å². The highest BCUT2D eigenvalue weighted by Gasteiger charge is 2.05. The van der Waals surface area contributed by atoms with Crippen LogP contribution in [0.3, 0.4) is 0 Å². The number of hydrogen-bond acceptors (Lipinski definition) is 5. The molecule has 0 atom stereocenters. The minimum absolute atomic E-state index is 0.226. The molecule has 0 aliphatic heterocycles. The Morgan fingerprint density at radius 3 is 2.47 bits per heavy atom. The van der Waals surface area contributed by atoms with Crippen molar-refractivity contribution in [2.45, 2.75) is 32.1 Å². The maximum absolute atomic E-state index is 12.0. The van der Waals surface area contributed by atoms with Crippen molar-refractivity contribution >= 4 is 17.6 Å². The van der Waals surface area contributed by atoms with E-state index in [2.05, 4.69) is 15.3 Å². The molecule has 1 aromatic heterocycles. The van der Waals surface area contributed by atoms with Gasteiger partial charge >= 0.3 is 5.97 Å². The first-order valence-corrected chi connectivity index (χ1v) is 9.98. The molecule has 0 saturated heterocycles. The number of H-pyrrole nitrogens is 1. The molecule has 0 aliphatic carbocycles. The van der Waals surface area contributed by atoms with Crippen molar-refractivity contribution in [3.8, 4) is 17.0 Å². The van der Waals surface area contributed by atoms with Crippen molar-refractivity contribution in [2.24, 2.45) is 0 Å². The molecule has 3 N–H and O–H groups in total.